The van der Waals surface area contributed by atoms with Gasteiger partial charge in [0.15, 0.2) is 0 Å². The fourth-order valence-electron chi connectivity index (χ4n) is 3.82. The zero-order valence-electron chi connectivity index (χ0n) is 16.8. The molecule has 3 amide bonds. The van der Waals surface area contributed by atoms with Gasteiger partial charge in [0.2, 0.25) is 0 Å². The van der Waals surface area contributed by atoms with E-state index >= 15 is 0 Å². The lowest BCUT2D eigenvalue weighted by atomic mass is 9.97. The number of ether oxygens (including phenoxy) is 2. The van der Waals surface area contributed by atoms with Crippen molar-refractivity contribution in [1.29, 1.82) is 0 Å². The Morgan fingerprint density at radius 2 is 1.87 bits per heavy atom. The molecule has 0 radical (unpaired) electrons. The molecule has 4 rings (SSSR count). The van der Waals surface area contributed by atoms with Gasteiger partial charge in [0.1, 0.15) is 17.2 Å². The first-order chi connectivity index (χ1) is 14.4. The minimum Gasteiger partial charge on any atom is -0.497 e. The van der Waals surface area contributed by atoms with Crippen molar-refractivity contribution in [2.75, 3.05) is 32.3 Å². The van der Waals surface area contributed by atoms with E-state index in [-0.39, 0.29) is 11.9 Å². The Balaban J connectivity index is 1.45. The van der Waals surface area contributed by atoms with Crippen molar-refractivity contribution in [2.24, 2.45) is 0 Å². The van der Waals surface area contributed by atoms with E-state index in [2.05, 4.69) is 10.7 Å². The van der Waals surface area contributed by atoms with Gasteiger partial charge in [-0.15, -0.1) is 0 Å². The van der Waals surface area contributed by atoms with E-state index in [1.807, 2.05) is 6.07 Å². The van der Waals surface area contributed by atoms with Gasteiger partial charge in [0.25, 0.3) is 5.91 Å². The topological polar surface area (TPSA) is 83.1 Å². The maximum Gasteiger partial charge on any atom is 0.338 e. The molecule has 8 nitrogen and oxygen atoms in total. The van der Waals surface area contributed by atoms with Gasteiger partial charge in [0.05, 0.1) is 25.5 Å². The van der Waals surface area contributed by atoms with Crippen LogP contribution in [0.5, 0.6) is 11.5 Å². The summed E-state index contributed by atoms with van der Waals surface area (Å²) in [4.78, 5) is 27.4. The maximum absolute atomic E-state index is 13.0. The molecule has 0 unspecified atom stereocenters. The van der Waals surface area contributed by atoms with E-state index in [1.165, 1.54) is 12.1 Å². The third-order valence-corrected chi connectivity index (χ3v) is 5.72. The summed E-state index contributed by atoms with van der Waals surface area (Å²) in [5, 5.41) is 5.05. The van der Waals surface area contributed by atoms with E-state index in [0.717, 1.165) is 0 Å². The molecule has 1 spiro atoms. The molecule has 2 aliphatic rings. The second kappa shape index (κ2) is 8.04. The van der Waals surface area contributed by atoms with E-state index in [4.69, 9.17) is 21.1 Å². The standard InChI is InChI=1S/C21H23ClN4O4/c1-29-16-6-7-17(18(13-16)30-2)19(27)25-10-8-21(9-11-25)23-20(28)26(24-21)15-5-3-4-14(22)12-15/h3-7,12-13,24H,8-11H2,1-2H3,(H,23,28). The summed E-state index contributed by atoms with van der Waals surface area (Å²) in [6.45, 7) is 0.982. The summed E-state index contributed by atoms with van der Waals surface area (Å²) in [5.74, 6) is 0.986. The second-order valence-corrected chi connectivity index (χ2v) is 7.73. The molecule has 2 fully saturated rings. The van der Waals surface area contributed by atoms with Gasteiger partial charge in [-0.2, -0.15) is 0 Å². The van der Waals surface area contributed by atoms with Gasteiger partial charge < -0.3 is 19.7 Å². The molecule has 0 aliphatic carbocycles. The number of piperidine rings is 1. The fourth-order valence-corrected chi connectivity index (χ4v) is 4.01. The van der Waals surface area contributed by atoms with Crippen molar-refractivity contribution in [3.63, 3.8) is 0 Å². The first kappa shape index (κ1) is 20.3. The smallest absolute Gasteiger partial charge is 0.338 e. The number of hydrogen-bond donors (Lipinski definition) is 2. The molecule has 2 saturated heterocycles. The minimum absolute atomic E-state index is 0.111. The first-order valence-corrected chi connectivity index (χ1v) is 9.99. The molecule has 2 aliphatic heterocycles. The molecule has 9 heteroatoms. The number of rotatable bonds is 4. The number of likely N-dealkylation sites (tertiary alicyclic amines) is 1. The van der Waals surface area contributed by atoms with E-state index in [0.29, 0.717) is 53.7 Å². The molecule has 2 aromatic rings. The highest BCUT2D eigenvalue weighted by Gasteiger charge is 2.45. The normalized spacial score (nSPS) is 17.8. The van der Waals surface area contributed by atoms with Gasteiger partial charge in [-0.05, 0) is 30.3 Å². The van der Waals surface area contributed by atoms with Crippen LogP contribution in [0.3, 0.4) is 0 Å². The van der Waals surface area contributed by atoms with Crippen LogP contribution in [0.25, 0.3) is 0 Å². The third kappa shape index (κ3) is 3.76. The van der Waals surface area contributed by atoms with Crippen LogP contribution in [0.2, 0.25) is 5.02 Å². The van der Waals surface area contributed by atoms with Crippen LogP contribution in [0.4, 0.5) is 10.5 Å². The summed E-state index contributed by atoms with van der Waals surface area (Å²) >= 11 is 6.06. The van der Waals surface area contributed by atoms with Crippen molar-refractivity contribution in [2.45, 2.75) is 18.5 Å². The first-order valence-electron chi connectivity index (χ1n) is 9.62. The van der Waals surface area contributed by atoms with Crippen LogP contribution >= 0.6 is 11.6 Å². The molecule has 2 heterocycles. The lowest BCUT2D eigenvalue weighted by molar-refractivity contribution is 0.0637. The van der Waals surface area contributed by atoms with Gasteiger partial charge >= 0.3 is 6.03 Å². The maximum atomic E-state index is 13.0. The fraction of sp³-hybridized carbons (Fsp3) is 0.333. The Hall–Kier alpha value is -2.97. The SMILES string of the molecule is COc1ccc(C(=O)N2CCC3(CC2)NC(=O)N(c2cccc(Cl)c2)N3)c(OC)c1. The molecule has 2 aromatic carbocycles. The summed E-state index contributed by atoms with van der Waals surface area (Å²) in [6, 6.07) is 12.0. The number of hydrogen-bond acceptors (Lipinski definition) is 5. The van der Waals surface area contributed by atoms with Crippen molar-refractivity contribution < 1.29 is 19.1 Å². The third-order valence-electron chi connectivity index (χ3n) is 5.48. The largest absolute Gasteiger partial charge is 0.497 e. The molecule has 0 bridgehead atoms. The predicted octanol–water partition coefficient (Wildman–Crippen LogP) is 3.02. The number of amides is 3. The number of carbonyl (C=O) groups excluding carboxylic acids is 2. The zero-order valence-corrected chi connectivity index (χ0v) is 17.5. The minimum atomic E-state index is -0.597. The molecule has 0 saturated carbocycles. The second-order valence-electron chi connectivity index (χ2n) is 7.30. The Kier molecular flexibility index (Phi) is 5.44. The van der Waals surface area contributed by atoms with Gasteiger partial charge in [-0.3, -0.25) is 4.79 Å². The monoisotopic (exact) mass is 430 g/mol. The van der Waals surface area contributed by atoms with Crippen molar-refractivity contribution in [1.82, 2.24) is 15.6 Å². The van der Waals surface area contributed by atoms with Crippen LogP contribution in [-0.2, 0) is 0 Å². The number of anilines is 1. The molecular formula is C21H23ClN4O4. The average Bonchev–Trinajstić information content (AvgIpc) is 3.09. The van der Waals surface area contributed by atoms with E-state index in [1.54, 1.807) is 48.4 Å². The molecule has 158 valence electrons. The van der Waals surface area contributed by atoms with E-state index < -0.39 is 5.66 Å². The molecule has 0 atom stereocenters. The number of nitrogens with zero attached hydrogens (tertiary/aromatic N) is 2. The van der Waals surface area contributed by atoms with Gasteiger partial charge in [0, 0.05) is 37.0 Å². The van der Waals surface area contributed by atoms with Gasteiger partial charge in [-0.25, -0.2) is 15.2 Å². The Morgan fingerprint density at radius 3 is 2.53 bits per heavy atom. The Labute approximate surface area is 179 Å². The van der Waals surface area contributed by atoms with E-state index in [9.17, 15) is 9.59 Å². The Bertz CT molecular complexity index is 975. The highest BCUT2D eigenvalue weighted by molar-refractivity contribution is 6.30. The van der Waals surface area contributed by atoms with Crippen LogP contribution in [0.15, 0.2) is 42.5 Å². The number of carbonyl (C=O) groups is 2. The number of methoxy groups -OCH3 is 2. The number of hydrazine groups is 1. The van der Waals surface area contributed by atoms with Crippen LogP contribution < -0.4 is 25.2 Å². The number of nitrogens with one attached hydrogen (secondary N) is 2. The van der Waals surface area contributed by atoms with Crippen LogP contribution in [0.1, 0.15) is 23.2 Å². The number of benzene rings is 2. The highest BCUT2D eigenvalue weighted by atomic mass is 35.5. The highest BCUT2D eigenvalue weighted by Crippen LogP contribution is 2.31. The van der Waals surface area contributed by atoms with Crippen LogP contribution in [-0.4, -0.2) is 49.8 Å². The summed E-state index contributed by atoms with van der Waals surface area (Å²) in [5.41, 5.74) is 3.82. The Morgan fingerprint density at radius 1 is 1.10 bits per heavy atom. The number of urea groups is 1. The lowest BCUT2D eigenvalue weighted by Crippen LogP contribution is -2.58. The number of halogens is 1. The predicted molar refractivity (Wildman–Crippen MR) is 113 cm³/mol. The summed E-state index contributed by atoms with van der Waals surface area (Å²) < 4.78 is 10.6. The molecule has 30 heavy (non-hydrogen) atoms. The van der Waals surface area contributed by atoms with Crippen molar-refractivity contribution in [3.05, 3.63) is 53.1 Å². The van der Waals surface area contributed by atoms with Crippen LogP contribution in [0, 0.1) is 0 Å². The van der Waals surface area contributed by atoms with Crippen molar-refractivity contribution >= 4 is 29.2 Å². The molecule has 2 N–H and O–H groups in total. The molecule has 0 aromatic heterocycles. The summed E-state index contributed by atoms with van der Waals surface area (Å²) in [6.07, 6.45) is 1.14. The lowest BCUT2D eigenvalue weighted by Gasteiger charge is -2.39. The van der Waals surface area contributed by atoms with Gasteiger partial charge in [-0.1, -0.05) is 17.7 Å². The average molecular weight is 431 g/mol. The quantitative estimate of drug-likeness (QED) is 0.779. The van der Waals surface area contributed by atoms with Crippen molar-refractivity contribution in [3.8, 4) is 11.5 Å². The molecular weight excluding hydrogens is 408 g/mol. The zero-order chi connectivity index (χ0) is 21.3. The summed E-state index contributed by atoms with van der Waals surface area (Å²) in [7, 11) is 3.09.